The molecule has 1 atom stereocenters. The van der Waals surface area contributed by atoms with Gasteiger partial charge in [0.1, 0.15) is 28.2 Å². The summed E-state index contributed by atoms with van der Waals surface area (Å²) in [7, 11) is 0. The largest absolute Gasteiger partial charge is 0.504 e. The highest BCUT2D eigenvalue weighted by molar-refractivity contribution is 6.07. The Hall–Kier alpha value is -4.99. The lowest BCUT2D eigenvalue weighted by molar-refractivity contribution is -0.144. The Balaban J connectivity index is 1.60. The van der Waals surface area contributed by atoms with Crippen molar-refractivity contribution in [2.24, 2.45) is 0 Å². The number of hydrogen-bond acceptors (Lipinski definition) is 7. The predicted octanol–water partition coefficient (Wildman–Crippen LogP) is 4.11. The van der Waals surface area contributed by atoms with Crippen LogP contribution in [0.2, 0.25) is 0 Å². The van der Waals surface area contributed by atoms with Gasteiger partial charge in [0.05, 0.1) is 11.2 Å². The van der Waals surface area contributed by atoms with Crippen molar-refractivity contribution < 1.29 is 24.5 Å². The van der Waals surface area contributed by atoms with Gasteiger partial charge in [-0.3, -0.25) is 4.79 Å². The van der Waals surface area contributed by atoms with Crippen LogP contribution in [0.1, 0.15) is 12.5 Å². The number of carbonyl (C=O) groups is 1. The number of aromatic nitrogens is 3. The van der Waals surface area contributed by atoms with Crippen LogP contribution in [0.25, 0.3) is 27.5 Å². The standard InChI is InChI=1S/C26H22N4O6/c1-13-10-21(36-15-6-4-3-5-7-15)20(31)12-19(13)30-24(27)22-23(29-30)17-9-8-16(35-14(2)26(33)34)11-18(17)28-25(22)32/h3-12,14,31H,27H2,1-2H3,(H,28,32)(H,33,34). The molecule has 2 aromatic heterocycles. The van der Waals surface area contributed by atoms with E-state index in [2.05, 4.69) is 10.1 Å². The molecular weight excluding hydrogens is 464 g/mol. The molecule has 5 rings (SSSR count). The van der Waals surface area contributed by atoms with Crippen molar-refractivity contribution in [2.45, 2.75) is 20.0 Å². The van der Waals surface area contributed by atoms with E-state index >= 15 is 0 Å². The fourth-order valence-corrected chi connectivity index (χ4v) is 3.96. The highest BCUT2D eigenvalue weighted by Crippen LogP contribution is 2.36. The minimum absolute atomic E-state index is 0.104. The van der Waals surface area contributed by atoms with Crippen LogP contribution >= 0.6 is 0 Å². The normalized spacial score (nSPS) is 12.1. The first-order chi connectivity index (χ1) is 17.2. The van der Waals surface area contributed by atoms with Crippen molar-refractivity contribution in [1.29, 1.82) is 0 Å². The molecule has 10 nitrogen and oxygen atoms in total. The third-order valence-electron chi connectivity index (χ3n) is 5.78. The molecule has 36 heavy (non-hydrogen) atoms. The van der Waals surface area contributed by atoms with E-state index in [9.17, 15) is 14.7 Å². The molecule has 182 valence electrons. The van der Waals surface area contributed by atoms with Crippen molar-refractivity contribution in [3.05, 3.63) is 76.6 Å². The van der Waals surface area contributed by atoms with Gasteiger partial charge in [-0.05, 0) is 49.7 Å². The summed E-state index contributed by atoms with van der Waals surface area (Å²) in [6.45, 7) is 3.22. The molecule has 1 unspecified atom stereocenters. The lowest BCUT2D eigenvalue weighted by Crippen LogP contribution is -2.22. The minimum atomic E-state index is -1.11. The molecule has 2 heterocycles. The summed E-state index contributed by atoms with van der Waals surface area (Å²) in [6.07, 6.45) is -1.06. The Kier molecular flexibility index (Phi) is 5.48. The minimum Gasteiger partial charge on any atom is -0.504 e. The lowest BCUT2D eigenvalue weighted by Gasteiger charge is -2.13. The van der Waals surface area contributed by atoms with E-state index in [0.29, 0.717) is 33.4 Å². The van der Waals surface area contributed by atoms with Crippen LogP contribution in [-0.4, -0.2) is 37.1 Å². The number of ether oxygens (including phenoxy) is 2. The second-order valence-corrected chi connectivity index (χ2v) is 8.30. The maximum atomic E-state index is 12.9. The second kappa shape index (κ2) is 8.66. The Morgan fingerprint density at radius 3 is 2.58 bits per heavy atom. The van der Waals surface area contributed by atoms with Crippen molar-refractivity contribution in [3.8, 4) is 28.7 Å². The number of carboxylic acids is 1. The number of rotatable bonds is 6. The van der Waals surface area contributed by atoms with Gasteiger partial charge in [-0.1, -0.05) is 18.2 Å². The summed E-state index contributed by atoms with van der Waals surface area (Å²) in [6, 6.07) is 17.0. The van der Waals surface area contributed by atoms with E-state index < -0.39 is 17.6 Å². The van der Waals surface area contributed by atoms with Crippen LogP contribution in [0.5, 0.6) is 23.0 Å². The number of aromatic amines is 1. The van der Waals surface area contributed by atoms with Gasteiger partial charge < -0.3 is 30.4 Å². The number of benzene rings is 3. The predicted molar refractivity (Wildman–Crippen MR) is 134 cm³/mol. The van der Waals surface area contributed by atoms with E-state index in [0.717, 1.165) is 0 Å². The molecule has 0 radical (unpaired) electrons. The zero-order valence-corrected chi connectivity index (χ0v) is 19.4. The summed E-state index contributed by atoms with van der Waals surface area (Å²) in [4.78, 5) is 26.8. The quantitative estimate of drug-likeness (QED) is 0.280. The molecule has 0 amide bonds. The molecule has 0 fully saturated rings. The van der Waals surface area contributed by atoms with Crippen LogP contribution in [-0.2, 0) is 4.79 Å². The first-order valence-corrected chi connectivity index (χ1v) is 11.0. The van der Waals surface area contributed by atoms with Gasteiger partial charge in [0.2, 0.25) is 0 Å². The van der Waals surface area contributed by atoms with Crippen LogP contribution < -0.4 is 20.8 Å². The van der Waals surface area contributed by atoms with Crippen molar-refractivity contribution in [1.82, 2.24) is 14.8 Å². The number of nitrogen functional groups attached to an aromatic ring is 1. The Bertz CT molecular complexity index is 1690. The summed E-state index contributed by atoms with van der Waals surface area (Å²) < 4.78 is 12.6. The van der Waals surface area contributed by atoms with E-state index in [1.165, 1.54) is 23.7 Å². The molecule has 5 aromatic rings. The van der Waals surface area contributed by atoms with Gasteiger partial charge in [0, 0.05) is 17.5 Å². The highest BCUT2D eigenvalue weighted by Gasteiger charge is 2.20. The van der Waals surface area contributed by atoms with E-state index in [1.807, 2.05) is 25.1 Å². The van der Waals surface area contributed by atoms with E-state index in [-0.39, 0.29) is 28.5 Å². The number of nitrogens with one attached hydrogen (secondary N) is 1. The van der Waals surface area contributed by atoms with Crippen LogP contribution in [0, 0.1) is 6.92 Å². The molecule has 10 heteroatoms. The van der Waals surface area contributed by atoms with Gasteiger partial charge in [0.25, 0.3) is 5.56 Å². The number of phenolic OH excluding ortho intramolecular Hbond substituents is 1. The number of carboxylic acid groups (broad SMARTS) is 1. The summed E-state index contributed by atoms with van der Waals surface area (Å²) >= 11 is 0. The number of hydrogen-bond donors (Lipinski definition) is 4. The smallest absolute Gasteiger partial charge is 0.344 e. The zero-order chi connectivity index (χ0) is 25.6. The number of nitrogens with two attached hydrogens (primary N) is 1. The number of aliphatic carboxylic acids is 1. The second-order valence-electron chi connectivity index (χ2n) is 8.30. The SMILES string of the molecule is Cc1cc(Oc2ccccc2)c(O)cc1-n1nc2c(c1N)c(=O)[nH]c1cc(OC(C)C(=O)O)ccc12. The van der Waals surface area contributed by atoms with Crippen LogP contribution in [0.4, 0.5) is 5.82 Å². The van der Waals surface area contributed by atoms with Crippen molar-refractivity contribution >= 4 is 33.6 Å². The van der Waals surface area contributed by atoms with Gasteiger partial charge >= 0.3 is 5.97 Å². The monoisotopic (exact) mass is 486 g/mol. The number of aromatic hydroxyl groups is 1. The Labute approximate surface area is 204 Å². The molecule has 0 spiro atoms. The number of phenols is 1. The maximum Gasteiger partial charge on any atom is 0.344 e. The summed E-state index contributed by atoms with van der Waals surface area (Å²) in [5, 5.41) is 25.1. The average molecular weight is 486 g/mol. The molecular formula is C26H22N4O6. The number of nitrogens with zero attached hydrogens (tertiary/aromatic N) is 2. The summed E-state index contributed by atoms with van der Waals surface area (Å²) in [5.74, 6) is 0.00482. The Morgan fingerprint density at radius 2 is 1.86 bits per heavy atom. The molecule has 0 saturated heterocycles. The summed E-state index contributed by atoms with van der Waals surface area (Å²) in [5.41, 5.74) is 7.84. The Morgan fingerprint density at radius 1 is 1.11 bits per heavy atom. The number of anilines is 1. The number of pyridine rings is 1. The lowest BCUT2D eigenvalue weighted by atomic mass is 10.1. The fourth-order valence-electron chi connectivity index (χ4n) is 3.96. The molecule has 0 aliphatic carbocycles. The zero-order valence-electron chi connectivity index (χ0n) is 19.4. The molecule has 0 aliphatic rings. The van der Waals surface area contributed by atoms with Crippen LogP contribution in [0.3, 0.4) is 0 Å². The number of fused-ring (bicyclic) bond motifs is 3. The number of H-pyrrole nitrogens is 1. The third-order valence-corrected chi connectivity index (χ3v) is 5.78. The molecule has 0 bridgehead atoms. The molecule has 3 aromatic carbocycles. The third kappa shape index (κ3) is 3.94. The van der Waals surface area contributed by atoms with Gasteiger partial charge in [-0.2, -0.15) is 5.10 Å². The molecule has 0 aliphatic heterocycles. The van der Waals surface area contributed by atoms with E-state index in [4.69, 9.17) is 20.3 Å². The van der Waals surface area contributed by atoms with Gasteiger partial charge in [-0.15, -0.1) is 0 Å². The topological polar surface area (TPSA) is 153 Å². The maximum absolute atomic E-state index is 12.9. The number of aryl methyl sites for hydroxylation is 1. The highest BCUT2D eigenvalue weighted by atomic mass is 16.5. The van der Waals surface area contributed by atoms with Crippen LogP contribution in [0.15, 0.2) is 65.5 Å². The van der Waals surface area contributed by atoms with E-state index in [1.54, 1.807) is 30.3 Å². The van der Waals surface area contributed by atoms with Crippen molar-refractivity contribution in [2.75, 3.05) is 5.73 Å². The first kappa shape index (κ1) is 22.8. The molecule has 0 saturated carbocycles. The molecule has 5 N–H and O–H groups in total. The average Bonchev–Trinajstić information content (AvgIpc) is 3.19. The van der Waals surface area contributed by atoms with Gasteiger partial charge in [-0.25, -0.2) is 9.48 Å². The number of para-hydroxylation sites is 1. The fraction of sp³-hybridized carbons (Fsp3) is 0.115. The first-order valence-electron chi connectivity index (χ1n) is 11.0. The van der Waals surface area contributed by atoms with Crippen molar-refractivity contribution in [3.63, 3.8) is 0 Å². The van der Waals surface area contributed by atoms with Gasteiger partial charge in [0.15, 0.2) is 17.6 Å².